The predicted octanol–water partition coefficient (Wildman–Crippen LogP) is 4.33. The molecule has 4 saturated carbocycles. The summed E-state index contributed by atoms with van der Waals surface area (Å²) in [5, 5.41) is -5.57. The average molecular weight is 503 g/mol. The first-order valence-electron chi connectivity index (χ1n) is 11.0. The van der Waals surface area contributed by atoms with Crippen LogP contribution >= 0.6 is 0 Å². The van der Waals surface area contributed by atoms with E-state index in [1.165, 1.54) is 19.3 Å². The lowest BCUT2D eigenvalue weighted by Gasteiger charge is -2.56. The molecule has 4 aliphatic carbocycles. The fraction of sp³-hybridized carbons (Fsp3) is 0.857. The van der Waals surface area contributed by atoms with Crippen LogP contribution in [0.1, 0.15) is 57.8 Å². The number of carbonyl (C=O) groups is 1. The van der Waals surface area contributed by atoms with Crippen LogP contribution in [0.2, 0.25) is 0 Å². The lowest BCUT2D eigenvalue weighted by atomic mass is 9.54. The molecule has 7 nitrogen and oxygen atoms in total. The molecule has 0 aromatic heterocycles. The van der Waals surface area contributed by atoms with Crippen molar-refractivity contribution in [2.75, 3.05) is 20.0 Å². The lowest BCUT2D eigenvalue weighted by molar-refractivity contribution is -0.208. The summed E-state index contributed by atoms with van der Waals surface area (Å²) in [6, 6.07) is 0. The third-order valence-corrected chi connectivity index (χ3v) is 7.83. The first-order chi connectivity index (χ1) is 15.2. The molecule has 0 aliphatic heterocycles. The molecule has 12 heteroatoms. The number of halogens is 4. The van der Waals surface area contributed by atoms with Gasteiger partial charge < -0.3 is 14.2 Å². The Morgan fingerprint density at radius 1 is 1.03 bits per heavy atom. The normalized spacial score (nSPS) is 29.3. The van der Waals surface area contributed by atoms with Crippen molar-refractivity contribution in [2.45, 2.75) is 74.6 Å². The summed E-state index contributed by atoms with van der Waals surface area (Å²) in [5.74, 6) is -3.57. The van der Waals surface area contributed by atoms with Crippen LogP contribution in [0.15, 0.2) is 12.2 Å². The topological polar surface area (TPSA) is 99.1 Å². The fourth-order valence-electron chi connectivity index (χ4n) is 5.66. The van der Waals surface area contributed by atoms with E-state index in [1.54, 1.807) is 0 Å². The van der Waals surface area contributed by atoms with E-state index < -0.39 is 40.1 Å². The maximum Gasteiger partial charge on any atom is 0.431 e. The standard InChI is InChI=1S/C21H30F4O7S/c1-14(12-30-5-3-2-4-20(22,23)21(24,25)33(27,28)29)18(26)31-13-32-19-9-15-6-16(10-19)8-17(7-15)11-19/h15-17H,1-13H2,(H,27,28,29). The molecule has 4 rings (SSSR count). The van der Waals surface area contributed by atoms with Crippen molar-refractivity contribution in [3.05, 3.63) is 12.2 Å². The summed E-state index contributed by atoms with van der Waals surface area (Å²) in [5.41, 5.74) is -0.214. The zero-order valence-corrected chi connectivity index (χ0v) is 19.1. The zero-order chi connectivity index (χ0) is 24.5. The van der Waals surface area contributed by atoms with Gasteiger partial charge >= 0.3 is 27.3 Å². The van der Waals surface area contributed by atoms with Gasteiger partial charge in [-0.3, -0.25) is 4.55 Å². The maximum atomic E-state index is 13.4. The van der Waals surface area contributed by atoms with Gasteiger partial charge in [-0.15, -0.1) is 0 Å². The highest BCUT2D eigenvalue weighted by Gasteiger charge is 2.64. The molecular weight excluding hydrogens is 472 g/mol. The Balaban J connectivity index is 1.28. The first kappa shape index (κ1) is 26.4. The highest BCUT2D eigenvalue weighted by Crippen LogP contribution is 2.57. The van der Waals surface area contributed by atoms with Gasteiger partial charge in [0.2, 0.25) is 0 Å². The Labute approximate surface area is 190 Å². The summed E-state index contributed by atoms with van der Waals surface area (Å²) >= 11 is 0. The summed E-state index contributed by atoms with van der Waals surface area (Å²) in [7, 11) is -6.24. The SMILES string of the molecule is C=C(COCCCCC(F)(F)C(F)(F)S(=O)(=O)O)C(=O)OCOC12CC3CC(CC(C3)C1)C2. The van der Waals surface area contributed by atoms with Crippen LogP contribution in [0, 0.1) is 17.8 Å². The van der Waals surface area contributed by atoms with Crippen molar-refractivity contribution in [1.29, 1.82) is 0 Å². The Morgan fingerprint density at radius 3 is 2.09 bits per heavy atom. The molecule has 0 aromatic carbocycles. The van der Waals surface area contributed by atoms with Crippen molar-refractivity contribution >= 4 is 16.1 Å². The zero-order valence-electron chi connectivity index (χ0n) is 18.2. The molecular formula is C21H30F4O7S. The molecule has 4 bridgehead atoms. The molecule has 190 valence electrons. The number of unbranched alkanes of at least 4 members (excludes halogenated alkanes) is 1. The van der Waals surface area contributed by atoms with Crippen LogP contribution in [0.25, 0.3) is 0 Å². The number of rotatable bonds is 13. The van der Waals surface area contributed by atoms with E-state index in [4.69, 9.17) is 18.8 Å². The molecule has 0 radical (unpaired) electrons. The van der Waals surface area contributed by atoms with Gasteiger partial charge in [-0.1, -0.05) is 6.58 Å². The monoisotopic (exact) mass is 502 g/mol. The van der Waals surface area contributed by atoms with Crippen molar-refractivity contribution in [3.8, 4) is 0 Å². The third kappa shape index (κ3) is 6.07. The minimum atomic E-state index is -6.24. The molecule has 0 saturated heterocycles. The highest BCUT2D eigenvalue weighted by molar-refractivity contribution is 7.87. The Morgan fingerprint density at radius 2 is 1.58 bits per heavy atom. The molecule has 33 heavy (non-hydrogen) atoms. The van der Waals surface area contributed by atoms with E-state index in [9.17, 15) is 30.8 Å². The third-order valence-electron chi connectivity index (χ3n) is 6.88. The van der Waals surface area contributed by atoms with Gasteiger partial charge in [0, 0.05) is 13.0 Å². The van der Waals surface area contributed by atoms with E-state index in [0.717, 1.165) is 19.3 Å². The van der Waals surface area contributed by atoms with Crippen molar-refractivity contribution in [1.82, 2.24) is 0 Å². The molecule has 0 atom stereocenters. The van der Waals surface area contributed by atoms with E-state index in [0.29, 0.717) is 17.8 Å². The van der Waals surface area contributed by atoms with Gasteiger partial charge in [-0.2, -0.15) is 26.0 Å². The second kappa shape index (κ2) is 9.79. The Hall–Kier alpha value is -1.24. The van der Waals surface area contributed by atoms with Crippen molar-refractivity contribution in [2.24, 2.45) is 17.8 Å². The van der Waals surface area contributed by atoms with Gasteiger partial charge in [0.25, 0.3) is 0 Å². The molecule has 0 amide bonds. The van der Waals surface area contributed by atoms with Gasteiger partial charge in [0.05, 0.1) is 17.8 Å². The van der Waals surface area contributed by atoms with Crippen LogP contribution in [0.3, 0.4) is 0 Å². The molecule has 4 fully saturated rings. The largest absolute Gasteiger partial charge is 0.435 e. The number of hydrogen-bond acceptors (Lipinski definition) is 6. The fourth-order valence-corrected chi connectivity index (χ4v) is 6.14. The molecule has 4 aliphatic rings. The second-order valence-corrected chi connectivity index (χ2v) is 11.1. The smallest absolute Gasteiger partial charge is 0.431 e. The van der Waals surface area contributed by atoms with E-state index in [1.807, 2.05) is 0 Å². The molecule has 0 unspecified atom stereocenters. The lowest BCUT2D eigenvalue weighted by Crippen LogP contribution is -2.52. The number of carbonyl (C=O) groups excluding carboxylic acids is 1. The van der Waals surface area contributed by atoms with E-state index >= 15 is 0 Å². The maximum absolute atomic E-state index is 13.4. The van der Waals surface area contributed by atoms with Crippen molar-refractivity contribution < 1.29 is 49.5 Å². The van der Waals surface area contributed by atoms with Crippen LogP contribution in [-0.4, -0.2) is 55.7 Å². The summed E-state index contributed by atoms with van der Waals surface area (Å²) in [4.78, 5) is 12.0. The van der Waals surface area contributed by atoms with Gasteiger partial charge in [-0.25, -0.2) is 4.79 Å². The van der Waals surface area contributed by atoms with Gasteiger partial charge in [0.15, 0.2) is 6.79 Å². The van der Waals surface area contributed by atoms with Crippen molar-refractivity contribution in [3.63, 3.8) is 0 Å². The number of alkyl halides is 4. The van der Waals surface area contributed by atoms with Crippen LogP contribution in [0.5, 0.6) is 0 Å². The summed E-state index contributed by atoms with van der Waals surface area (Å²) in [6.45, 7) is 2.98. The van der Waals surface area contributed by atoms with Gasteiger partial charge in [-0.05, 0) is 69.1 Å². The van der Waals surface area contributed by atoms with Crippen LogP contribution < -0.4 is 0 Å². The minimum Gasteiger partial charge on any atom is -0.435 e. The van der Waals surface area contributed by atoms with Crippen LogP contribution in [0.4, 0.5) is 17.6 Å². The molecule has 1 N–H and O–H groups in total. The van der Waals surface area contributed by atoms with Crippen LogP contribution in [-0.2, 0) is 29.1 Å². The average Bonchev–Trinajstić information content (AvgIpc) is 2.68. The molecule has 0 heterocycles. The van der Waals surface area contributed by atoms with E-state index in [2.05, 4.69) is 6.58 Å². The Kier molecular flexibility index (Phi) is 7.82. The summed E-state index contributed by atoms with van der Waals surface area (Å²) in [6.07, 6.45) is 4.71. The number of hydrogen-bond donors (Lipinski definition) is 1. The molecule has 0 aromatic rings. The minimum absolute atomic E-state index is 0.00708. The Bertz CT molecular complexity index is 808. The first-order valence-corrected chi connectivity index (χ1v) is 12.5. The number of esters is 1. The predicted molar refractivity (Wildman–Crippen MR) is 108 cm³/mol. The summed E-state index contributed by atoms with van der Waals surface area (Å²) < 4.78 is 98.4. The van der Waals surface area contributed by atoms with Gasteiger partial charge in [0.1, 0.15) is 0 Å². The van der Waals surface area contributed by atoms with E-state index in [-0.39, 0.29) is 37.6 Å². The quantitative estimate of drug-likeness (QED) is 0.0999. The second-order valence-electron chi connectivity index (χ2n) is 9.60. The molecule has 0 spiro atoms. The highest BCUT2D eigenvalue weighted by atomic mass is 32.2. The number of ether oxygens (including phenoxy) is 3.